The number of amides is 2. The minimum Gasteiger partial charge on any atom is -0.349 e. The first-order valence-electron chi connectivity index (χ1n) is 8.53. The smallest absolute Gasteiger partial charge is 0.255 e. The Hall–Kier alpha value is -3.67. The summed E-state index contributed by atoms with van der Waals surface area (Å²) in [6.07, 6.45) is 5.21. The van der Waals surface area contributed by atoms with Gasteiger partial charge in [-0.1, -0.05) is 30.3 Å². The molecule has 1 heterocycles. The second-order valence-corrected chi connectivity index (χ2v) is 5.90. The van der Waals surface area contributed by atoms with Crippen LogP contribution < -0.4 is 10.6 Å². The molecule has 0 fully saturated rings. The maximum Gasteiger partial charge on any atom is 0.255 e. The van der Waals surface area contributed by atoms with Gasteiger partial charge in [-0.3, -0.25) is 14.3 Å². The zero-order chi connectivity index (χ0) is 19.1. The minimum atomic E-state index is -0.274. The van der Waals surface area contributed by atoms with Gasteiger partial charge >= 0.3 is 0 Å². The van der Waals surface area contributed by atoms with Crippen molar-refractivity contribution in [1.82, 2.24) is 15.1 Å². The van der Waals surface area contributed by atoms with E-state index >= 15 is 0 Å². The first-order valence-corrected chi connectivity index (χ1v) is 8.53. The number of aromatic nitrogens is 2. The van der Waals surface area contributed by atoms with Gasteiger partial charge in [-0.05, 0) is 35.9 Å². The molecule has 0 spiro atoms. The van der Waals surface area contributed by atoms with E-state index in [0.717, 1.165) is 5.56 Å². The van der Waals surface area contributed by atoms with Crippen LogP contribution in [0.5, 0.6) is 0 Å². The Bertz CT molecular complexity index is 931. The van der Waals surface area contributed by atoms with Crippen LogP contribution in [0.1, 0.15) is 26.3 Å². The predicted molar refractivity (Wildman–Crippen MR) is 105 cm³/mol. The molecule has 2 N–H and O–H groups in total. The average Bonchev–Trinajstić information content (AvgIpc) is 3.20. The van der Waals surface area contributed by atoms with Crippen LogP contribution in [0.25, 0.3) is 0 Å². The SMILES string of the molecule is C=CCNC(=O)c1ccccc1NC(=O)c1ccc(Cn2cccn2)cc1. The standard InChI is InChI=1S/C21H20N4O2/c1-2-12-22-21(27)18-6-3-4-7-19(18)24-20(26)17-10-8-16(9-11-17)15-25-14-5-13-23-25/h2-11,13-14H,1,12,15H2,(H,22,27)(H,24,26). The molecule has 3 rings (SSSR count). The molecule has 0 saturated carbocycles. The summed E-state index contributed by atoms with van der Waals surface area (Å²) in [7, 11) is 0. The van der Waals surface area contributed by atoms with E-state index < -0.39 is 0 Å². The third-order valence-corrected chi connectivity index (χ3v) is 3.95. The maximum atomic E-state index is 12.6. The lowest BCUT2D eigenvalue weighted by Gasteiger charge is -2.11. The molecular formula is C21H20N4O2. The summed E-state index contributed by atoms with van der Waals surface area (Å²) in [6, 6.07) is 16.1. The third kappa shape index (κ3) is 4.70. The van der Waals surface area contributed by atoms with Crippen LogP contribution in [0.2, 0.25) is 0 Å². The number of nitrogens with zero attached hydrogens (tertiary/aromatic N) is 2. The van der Waals surface area contributed by atoms with Crippen molar-refractivity contribution in [3.63, 3.8) is 0 Å². The Labute approximate surface area is 157 Å². The number of rotatable bonds is 7. The van der Waals surface area contributed by atoms with Gasteiger partial charge in [0.25, 0.3) is 11.8 Å². The van der Waals surface area contributed by atoms with Crippen molar-refractivity contribution in [2.45, 2.75) is 6.54 Å². The van der Waals surface area contributed by atoms with E-state index in [9.17, 15) is 9.59 Å². The largest absolute Gasteiger partial charge is 0.349 e. The quantitative estimate of drug-likeness (QED) is 0.636. The molecule has 0 atom stereocenters. The Balaban J connectivity index is 1.70. The monoisotopic (exact) mass is 360 g/mol. The van der Waals surface area contributed by atoms with Gasteiger partial charge in [0.05, 0.1) is 17.8 Å². The van der Waals surface area contributed by atoms with Crippen molar-refractivity contribution < 1.29 is 9.59 Å². The number of benzene rings is 2. The molecular weight excluding hydrogens is 340 g/mol. The first-order chi connectivity index (χ1) is 13.2. The molecule has 1 aromatic heterocycles. The Morgan fingerprint density at radius 1 is 1.04 bits per heavy atom. The first kappa shape index (κ1) is 18.1. The van der Waals surface area contributed by atoms with Crippen LogP contribution >= 0.6 is 0 Å². The number of nitrogens with one attached hydrogen (secondary N) is 2. The van der Waals surface area contributed by atoms with Crippen molar-refractivity contribution in [2.24, 2.45) is 0 Å². The molecule has 0 aliphatic carbocycles. The van der Waals surface area contributed by atoms with Gasteiger partial charge < -0.3 is 10.6 Å². The normalized spacial score (nSPS) is 10.2. The van der Waals surface area contributed by atoms with Gasteiger partial charge in [0.15, 0.2) is 0 Å². The fraction of sp³-hybridized carbons (Fsp3) is 0.0952. The second kappa shape index (κ2) is 8.62. The number of para-hydroxylation sites is 1. The highest BCUT2D eigenvalue weighted by molar-refractivity contribution is 6.09. The van der Waals surface area contributed by atoms with Gasteiger partial charge in [0.1, 0.15) is 0 Å². The zero-order valence-corrected chi connectivity index (χ0v) is 14.8. The van der Waals surface area contributed by atoms with E-state index in [-0.39, 0.29) is 11.8 Å². The number of carbonyl (C=O) groups excluding carboxylic acids is 2. The lowest BCUT2D eigenvalue weighted by molar-refractivity contribution is 0.0959. The summed E-state index contributed by atoms with van der Waals surface area (Å²) >= 11 is 0. The fourth-order valence-electron chi connectivity index (χ4n) is 2.59. The van der Waals surface area contributed by atoms with Gasteiger partial charge in [0, 0.05) is 24.5 Å². The summed E-state index contributed by atoms with van der Waals surface area (Å²) in [6.45, 7) is 4.58. The lowest BCUT2D eigenvalue weighted by atomic mass is 10.1. The van der Waals surface area contributed by atoms with Crippen LogP contribution in [-0.4, -0.2) is 28.1 Å². The molecule has 0 bridgehead atoms. The van der Waals surface area contributed by atoms with E-state index in [1.54, 1.807) is 48.7 Å². The van der Waals surface area contributed by atoms with Gasteiger partial charge in [-0.2, -0.15) is 5.10 Å². The molecule has 3 aromatic rings. The number of anilines is 1. The minimum absolute atomic E-state index is 0.264. The highest BCUT2D eigenvalue weighted by atomic mass is 16.2. The third-order valence-electron chi connectivity index (χ3n) is 3.95. The molecule has 0 aliphatic heterocycles. The fourth-order valence-corrected chi connectivity index (χ4v) is 2.59. The Kier molecular flexibility index (Phi) is 5.79. The topological polar surface area (TPSA) is 76.0 Å². The molecule has 0 unspecified atom stereocenters. The van der Waals surface area contributed by atoms with Crippen LogP contribution in [-0.2, 0) is 6.54 Å². The van der Waals surface area contributed by atoms with E-state index in [2.05, 4.69) is 22.3 Å². The Morgan fingerprint density at radius 3 is 2.52 bits per heavy atom. The second-order valence-electron chi connectivity index (χ2n) is 5.90. The average molecular weight is 360 g/mol. The van der Waals surface area contributed by atoms with Gasteiger partial charge in [0.2, 0.25) is 0 Å². The van der Waals surface area contributed by atoms with Crippen LogP contribution in [0.4, 0.5) is 5.69 Å². The highest BCUT2D eigenvalue weighted by Gasteiger charge is 2.13. The molecule has 0 saturated heterocycles. The summed E-state index contributed by atoms with van der Waals surface area (Å²) < 4.78 is 1.81. The zero-order valence-electron chi connectivity index (χ0n) is 14.8. The van der Waals surface area contributed by atoms with Crippen LogP contribution in [0.15, 0.2) is 79.6 Å². The molecule has 0 radical (unpaired) electrons. The highest BCUT2D eigenvalue weighted by Crippen LogP contribution is 2.16. The molecule has 6 nitrogen and oxygen atoms in total. The molecule has 2 aromatic carbocycles. The lowest BCUT2D eigenvalue weighted by Crippen LogP contribution is -2.25. The van der Waals surface area contributed by atoms with Crippen LogP contribution in [0, 0.1) is 0 Å². The summed E-state index contributed by atoms with van der Waals surface area (Å²) in [5, 5.41) is 9.69. The number of hydrogen-bond donors (Lipinski definition) is 2. The van der Waals surface area contributed by atoms with E-state index in [0.29, 0.717) is 29.9 Å². The molecule has 0 aliphatic rings. The molecule has 2 amide bonds. The molecule has 136 valence electrons. The number of carbonyl (C=O) groups is 2. The van der Waals surface area contributed by atoms with Crippen molar-refractivity contribution in [1.29, 1.82) is 0 Å². The van der Waals surface area contributed by atoms with Crippen molar-refractivity contribution in [3.05, 3.63) is 96.3 Å². The van der Waals surface area contributed by atoms with E-state index in [4.69, 9.17) is 0 Å². The molecule has 27 heavy (non-hydrogen) atoms. The predicted octanol–water partition coefficient (Wildman–Crippen LogP) is 3.10. The maximum absolute atomic E-state index is 12.6. The van der Waals surface area contributed by atoms with Crippen molar-refractivity contribution >= 4 is 17.5 Å². The van der Waals surface area contributed by atoms with Gasteiger partial charge in [-0.25, -0.2) is 0 Å². The van der Waals surface area contributed by atoms with E-state index in [1.165, 1.54) is 0 Å². The number of hydrogen-bond acceptors (Lipinski definition) is 3. The van der Waals surface area contributed by atoms with Gasteiger partial charge in [-0.15, -0.1) is 6.58 Å². The molecule has 6 heteroatoms. The summed E-state index contributed by atoms with van der Waals surface area (Å²) in [4.78, 5) is 24.8. The summed E-state index contributed by atoms with van der Waals surface area (Å²) in [5.41, 5.74) is 2.42. The summed E-state index contributed by atoms with van der Waals surface area (Å²) in [5.74, 6) is -0.537. The van der Waals surface area contributed by atoms with Crippen molar-refractivity contribution in [2.75, 3.05) is 11.9 Å². The van der Waals surface area contributed by atoms with Crippen LogP contribution in [0.3, 0.4) is 0 Å². The van der Waals surface area contributed by atoms with E-state index in [1.807, 2.05) is 29.1 Å². The van der Waals surface area contributed by atoms with Crippen molar-refractivity contribution in [3.8, 4) is 0 Å². The Morgan fingerprint density at radius 2 is 1.81 bits per heavy atom.